The summed E-state index contributed by atoms with van der Waals surface area (Å²) in [4.78, 5) is 4.77. The summed E-state index contributed by atoms with van der Waals surface area (Å²) in [6, 6.07) is 48.1. The Hall–Kier alpha value is -5.48. The van der Waals surface area contributed by atoms with Crippen LogP contribution in [-0.2, 0) is 0 Å². The van der Waals surface area contributed by atoms with E-state index in [9.17, 15) is 0 Å². The molecular formula is C44H40N2O2. The molecule has 7 aromatic carbocycles. The molecule has 0 saturated carbocycles. The van der Waals surface area contributed by atoms with Crippen molar-refractivity contribution in [3.63, 3.8) is 0 Å². The zero-order chi connectivity index (χ0) is 33.2. The Morgan fingerprint density at radius 2 is 0.667 bits per heavy atom. The van der Waals surface area contributed by atoms with Gasteiger partial charge in [0.2, 0.25) is 0 Å². The van der Waals surface area contributed by atoms with Crippen LogP contribution < -0.4 is 19.3 Å². The number of hydrogen-bond donors (Lipinski definition) is 0. The molecule has 1 aliphatic rings. The lowest BCUT2D eigenvalue weighted by Gasteiger charge is -2.41. The lowest BCUT2D eigenvalue weighted by atomic mass is 9.99. The number of nitrogens with zero attached hydrogens (tertiary/aromatic N) is 2. The molecule has 1 heterocycles. The van der Waals surface area contributed by atoms with E-state index in [0.29, 0.717) is 11.5 Å². The first kappa shape index (κ1) is 29.9. The van der Waals surface area contributed by atoms with Gasteiger partial charge >= 0.3 is 0 Å². The minimum atomic E-state index is -0.432. The topological polar surface area (TPSA) is 24.9 Å². The first-order valence-corrected chi connectivity index (χ1v) is 16.7. The first-order chi connectivity index (χ1) is 23.0. The van der Waals surface area contributed by atoms with Crippen LogP contribution >= 0.6 is 0 Å². The van der Waals surface area contributed by atoms with Crippen LogP contribution in [0.15, 0.2) is 133 Å². The van der Waals surface area contributed by atoms with Gasteiger partial charge in [-0.05, 0) is 110 Å². The molecule has 238 valence electrons. The Morgan fingerprint density at radius 1 is 0.354 bits per heavy atom. The average Bonchev–Trinajstić information content (AvgIpc) is 3.05. The largest absolute Gasteiger partial charge is 0.484 e. The van der Waals surface area contributed by atoms with E-state index in [4.69, 9.17) is 9.47 Å². The molecule has 4 nitrogen and oxygen atoms in total. The summed E-state index contributed by atoms with van der Waals surface area (Å²) in [6.07, 6.45) is 0. The number of fused-ring (bicyclic) bond motifs is 5. The third-order valence-corrected chi connectivity index (χ3v) is 8.66. The van der Waals surface area contributed by atoms with Crippen LogP contribution in [0.2, 0.25) is 0 Å². The lowest BCUT2D eigenvalue weighted by Crippen LogP contribution is -2.28. The predicted molar refractivity (Wildman–Crippen MR) is 203 cm³/mol. The van der Waals surface area contributed by atoms with Gasteiger partial charge in [0.05, 0.1) is 22.7 Å². The maximum absolute atomic E-state index is 6.69. The number of benzene rings is 7. The van der Waals surface area contributed by atoms with Crippen molar-refractivity contribution in [1.82, 2.24) is 0 Å². The molecule has 0 saturated heterocycles. The van der Waals surface area contributed by atoms with E-state index < -0.39 is 11.2 Å². The average molecular weight is 629 g/mol. The first-order valence-electron chi connectivity index (χ1n) is 16.7. The Labute approximate surface area is 282 Å². The summed E-state index contributed by atoms with van der Waals surface area (Å²) in [5.41, 5.74) is 5.51. The standard InChI is InChI=1S/C44H40N2O2/c1-43(2,3)47-41-27-39-40(28-42(41)48-44(4,5)6)46(36-22-20-30-14-8-10-16-32(30)24-36)38-26-34-18-12-11-17-33(34)25-37(38)45(39)35-21-19-29-13-7-9-15-31(29)23-35/h7-28H,1-6H3. The van der Waals surface area contributed by atoms with Crippen molar-refractivity contribution in [3.8, 4) is 11.5 Å². The molecule has 0 aromatic heterocycles. The molecular weight excluding hydrogens is 588 g/mol. The van der Waals surface area contributed by atoms with Crippen LogP contribution in [0, 0.1) is 0 Å². The molecule has 48 heavy (non-hydrogen) atoms. The normalized spacial score (nSPS) is 13.1. The Balaban J connectivity index is 1.47. The molecule has 8 rings (SSSR count). The van der Waals surface area contributed by atoms with E-state index in [1.807, 2.05) is 0 Å². The SMILES string of the molecule is CC(C)(C)Oc1cc2c(cc1OC(C)(C)C)N(c1ccc3ccccc3c1)c1cc3ccccc3cc1N2c1ccc2ccccc2c1. The van der Waals surface area contributed by atoms with E-state index in [2.05, 4.69) is 185 Å². The van der Waals surface area contributed by atoms with Crippen LogP contribution in [0.3, 0.4) is 0 Å². The molecule has 0 amide bonds. The minimum absolute atomic E-state index is 0.432. The number of ether oxygens (including phenoxy) is 2. The van der Waals surface area contributed by atoms with Crippen LogP contribution in [0.5, 0.6) is 11.5 Å². The zero-order valence-electron chi connectivity index (χ0n) is 28.4. The lowest BCUT2D eigenvalue weighted by molar-refractivity contribution is 0.0959. The molecule has 0 radical (unpaired) electrons. The second kappa shape index (κ2) is 11.1. The molecule has 4 heteroatoms. The fourth-order valence-electron chi connectivity index (χ4n) is 6.74. The molecule has 0 N–H and O–H groups in total. The molecule has 0 atom stereocenters. The Morgan fingerprint density at radius 3 is 1.02 bits per heavy atom. The van der Waals surface area contributed by atoms with Crippen molar-refractivity contribution in [2.45, 2.75) is 52.7 Å². The smallest absolute Gasteiger partial charge is 0.164 e. The zero-order valence-corrected chi connectivity index (χ0v) is 28.4. The van der Waals surface area contributed by atoms with Gasteiger partial charge in [-0.15, -0.1) is 0 Å². The van der Waals surface area contributed by atoms with Crippen LogP contribution in [0.25, 0.3) is 32.3 Å². The number of anilines is 6. The highest BCUT2D eigenvalue weighted by molar-refractivity contribution is 6.08. The fourth-order valence-corrected chi connectivity index (χ4v) is 6.74. The highest BCUT2D eigenvalue weighted by atomic mass is 16.5. The van der Waals surface area contributed by atoms with Crippen LogP contribution in [-0.4, -0.2) is 11.2 Å². The molecule has 7 aromatic rings. The van der Waals surface area contributed by atoms with Gasteiger partial charge in [-0.3, -0.25) is 0 Å². The van der Waals surface area contributed by atoms with Crippen molar-refractivity contribution in [2.75, 3.05) is 9.80 Å². The van der Waals surface area contributed by atoms with E-state index >= 15 is 0 Å². The molecule has 0 spiro atoms. The summed E-state index contributed by atoms with van der Waals surface area (Å²) >= 11 is 0. The highest BCUT2D eigenvalue weighted by Crippen LogP contribution is 2.58. The highest BCUT2D eigenvalue weighted by Gasteiger charge is 2.34. The van der Waals surface area contributed by atoms with Gasteiger partial charge in [0.1, 0.15) is 11.2 Å². The minimum Gasteiger partial charge on any atom is -0.484 e. The van der Waals surface area contributed by atoms with Crippen molar-refractivity contribution >= 4 is 66.4 Å². The van der Waals surface area contributed by atoms with Gasteiger partial charge in [0, 0.05) is 23.5 Å². The van der Waals surface area contributed by atoms with Gasteiger partial charge in [0.15, 0.2) is 11.5 Å². The van der Waals surface area contributed by atoms with Gasteiger partial charge in [-0.25, -0.2) is 0 Å². The summed E-state index contributed by atoms with van der Waals surface area (Å²) in [7, 11) is 0. The maximum Gasteiger partial charge on any atom is 0.164 e. The van der Waals surface area contributed by atoms with Crippen molar-refractivity contribution in [2.24, 2.45) is 0 Å². The fraction of sp³-hybridized carbons (Fsp3) is 0.182. The third-order valence-electron chi connectivity index (χ3n) is 8.66. The van der Waals surface area contributed by atoms with Crippen LogP contribution in [0.1, 0.15) is 41.5 Å². The van der Waals surface area contributed by atoms with Crippen molar-refractivity contribution in [1.29, 1.82) is 0 Å². The monoisotopic (exact) mass is 628 g/mol. The third kappa shape index (κ3) is 5.47. The predicted octanol–water partition coefficient (Wildman–Crippen LogP) is 12.8. The molecule has 0 bridgehead atoms. The molecule has 0 aliphatic carbocycles. The maximum atomic E-state index is 6.69. The van der Waals surface area contributed by atoms with Crippen LogP contribution in [0.4, 0.5) is 34.1 Å². The summed E-state index contributed by atoms with van der Waals surface area (Å²) in [5, 5.41) is 7.16. The van der Waals surface area contributed by atoms with Crippen molar-refractivity contribution < 1.29 is 9.47 Å². The summed E-state index contributed by atoms with van der Waals surface area (Å²) in [5.74, 6) is 1.43. The van der Waals surface area contributed by atoms with E-state index in [1.165, 1.54) is 32.3 Å². The summed E-state index contributed by atoms with van der Waals surface area (Å²) in [6.45, 7) is 12.5. The second-order valence-electron chi connectivity index (χ2n) is 14.6. The number of hydrogen-bond acceptors (Lipinski definition) is 4. The quantitative estimate of drug-likeness (QED) is 0.194. The van der Waals surface area contributed by atoms with Gasteiger partial charge in [0.25, 0.3) is 0 Å². The van der Waals surface area contributed by atoms with E-state index in [-0.39, 0.29) is 0 Å². The number of rotatable bonds is 4. The van der Waals surface area contributed by atoms with E-state index in [1.54, 1.807) is 0 Å². The molecule has 1 aliphatic heterocycles. The van der Waals surface area contributed by atoms with Gasteiger partial charge in [-0.2, -0.15) is 0 Å². The van der Waals surface area contributed by atoms with Gasteiger partial charge in [-0.1, -0.05) is 84.9 Å². The van der Waals surface area contributed by atoms with Crippen molar-refractivity contribution in [3.05, 3.63) is 133 Å². The molecule has 0 unspecified atom stereocenters. The Kier molecular flexibility index (Phi) is 6.89. The Bertz CT molecular complexity index is 2180. The molecule has 0 fully saturated rings. The van der Waals surface area contributed by atoms with E-state index in [0.717, 1.165) is 34.1 Å². The summed E-state index contributed by atoms with van der Waals surface area (Å²) < 4.78 is 13.4. The second-order valence-corrected chi connectivity index (χ2v) is 14.6. The van der Waals surface area contributed by atoms with Gasteiger partial charge < -0.3 is 19.3 Å².